The van der Waals surface area contributed by atoms with Gasteiger partial charge in [0.25, 0.3) is 0 Å². The van der Waals surface area contributed by atoms with Gasteiger partial charge in [-0.25, -0.2) is 0 Å². The Hall–Kier alpha value is -2.67. The van der Waals surface area contributed by atoms with E-state index in [2.05, 4.69) is 10.6 Å². The van der Waals surface area contributed by atoms with Crippen molar-refractivity contribution in [3.63, 3.8) is 0 Å². The van der Waals surface area contributed by atoms with E-state index in [0.717, 1.165) is 4.90 Å². The number of amides is 2. The smallest absolute Gasteiger partial charge is 0.234 e. The molecule has 0 saturated carbocycles. The first-order valence-corrected chi connectivity index (χ1v) is 8.29. The van der Waals surface area contributed by atoms with Crippen LogP contribution in [0.4, 0.5) is 11.4 Å². The standard InChI is InChI=1S/C17H16N2O4S/c1-11(20)18-12-3-2-4-14(7-12)24-9-17(21)19-13-5-6-15-16(8-13)23-10-22-15/h2-8H,9-10H2,1H3,(H,18,20)(H,19,21). The molecule has 2 amide bonds. The van der Waals surface area contributed by atoms with E-state index in [1.807, 2.05) is 18.2 Å². The molecule has 0 aliphatic carbocycles. The second kappa shape index (κ2) is 7.27. The zero-order chi connectivity index (χ0) is 16.9. The number of nitrogens with one attached hydrogen (secondary N) is 2. The van der Waals surface area contributed by atoms with E-state index in [0.29, 0.717) is 22.9 Å². The van der Waals surface area contributed by atoms with Crippen molar-refractivity contribution in [2.45, 2.75) is 11.8 Å². The topological polar surface area (TPSA) is 76.7 Å². The summed E-state index contributed by atoms with van der Waals surface area (Å²) in [4.78, 5) is 24.1. The van der Waals surface area contributed by atoms with Crippen molar-refractivity contribution in [1.82, 2.24) is 0 Å². The lowest BCUT2D eigenvalue weighted by Crippen LogP contribution is -2.13. The van der Waals surface area contributed by atoms with Gasteiger partial charge in [-0.3, -0.25) is 9.59 Å². The minimum absolute atomic E-state index is 0.121. The molecule has 124 valence electrons. The van der Waals surface area contributed by atoms with Crippen molar-refractivity contribution < 1.29 is 19.1 Å². The molecule has 0 aromatic heterocycles. The highest BCUT2D eigenvalue weighted by Crippen LogP contribution is 2.34. The van der Waals surface area contributed by atoms with Crippen LogP contribution in [0.3, 0.4) is 0 Å². The Labute approximate surface area is 143 Å². The van der Waals surface area contributed by atoms with Crippen LogP contribution in [0.1, 0.15) is 6.92 Å². The van der Waals surface area contributed by atoms with Gasteiger partial charge in [0.1, 0.15) is 0 Å². The highest BCUT2D eigenvalue weighted by atomic mass is 32.2. The first kappa shape index (κ1) is 16.2. The Balaban J connectivity index is 1.55. The van der Waals surface area contributed by atoms with Gasteiger partial charge in [-0.05, 0) is 30.3 Å². The van der Waals surface area contributed by atoms with E-state index in [1.54, 1.807) is 24.3 Å². The molecule has 1 aliphatic heterocycles. The second-order valence-corrected chi connectivity index (χ2v) is 6.16. The number of benzene rings is 2. The average molecular weight is 344 g/mol. The van der Waals surface area contributed by atoms with Crippen molar-refractivity contribution in [1.29, 1.82) is 0 Å². The zero-order valence-electron chi connectivity index (χ0n) is 13.0. The number of hydrogen-bond acceptors (Lipinski definition) is 5. The molecule has 2 aromatic rings. The molecule has 2 N–H and O–H groups in total. The summed E-state index contributed by atoms with van der Waals surface area (Å²) >= 11 is 1.40. The molecule has 0 unspecified atom stereocenters. The van der Waals surface area contributed by atoms with Crippen LogP contribution < -0.4 is 20.1 Å². The molecule has 1 heterocycles. The van der Waals surface area contributed by atoms with Crippen LogP contribution in [0.2, 0.25) is 0 Å². The van der Waals surface area contributed by atoms with E-state index < -0.39 is 0 Å². The fourth-order valence-corrected chi connectivity index (χ4v) is 2.94. The van der Waals surface area contributed by atoms with Crippen LogP contribution in [0, 0.1) is 0 Å². The molecule has 0 saturated heterocycles. The van der Waals surface area contributed by atoms with Gasteiger partial charge in [0.2, 0.25) is 18.6 Å². The largest absolute Gasteiger partial charge is 0.454 e. The van der Waals surface area contributed by atoms with Crippen molar-refractivity contribution in [3.05, 3.63) is 42.5 Å². The third-order valence-electron chi connectivity index (χ3n) is 3.18. The zero-order valence-corrected chi connectivity index (χ0v) is 13.8. The van der Waals surface area contributed by atoms with Gasteiger partial charge in [-0.2, -0.15) is 0 Å². The summed E-state index contributed by atoms with van der Waals surface area (Å²) in [5, 5.41) is 5.54. The maximum Gasteiger partial charge on any atom is 0.234 e. The molecule has 0 spiro atoms. The molecule has 0 bridgehead atoms. The number of thioether (sulfide) groups is 1. The summed E-state index contributed by atoms with van der Waals surface area (Å²) < 4.78 is 10.5. The first-order chi connectivity index (χ1) is 11.6. The van der Waals surface area contributed by atoms with Crippen LogP contribution in [-0.4, -0.2) is 24.4 Å². The number of ether oxygens (including phenoxy) is 2. The lowest BCUT2D eigenvalue weighted by atomic mass is 10.3. The number of rotatable bonds is 5. The minimum Gasteiger partial charge on any atom is -0.454 e. The lowest BCUT2D eigenvalue weighted by molar-refractivity contribution is -0.114. The van der Waals surface area contributed by atoms with E-state index >= 15 is 0 Å². The van der Waals surface area contributed by atoms with E-state index in [1.165, 1.54) is 18.7 Å². The summed E-state index contributed by atoms with van der Waals surface area (Å²) in [6.07, 6.45) is 0. The van der Waals surface area contributed by atoms with Crippen molar-refractivity contribution >= 4 is 35.0 Å². The molecule has 0 radical (unpaired) electrons. The van der Waals surface area contributed by atoms with E-state index in [9.17, 15) is 9.59 Å². The molecule has 6 nitrogen and oxygen atoms in total. The third-order valence-corrected chi connectivity index (χ3v) is 4.17. The van der Waals surface area contributed by atoms with Crippen LogP contribution in [0.5, 0.6) is 11.5 Å². The Bertz CT molecular complexity index is 779. The van der Waals surface area contributed by atoms with Gasteiger partial charge in [0.15, 0.2) is 11.5 Å². The van der Waals surface area contributed by atoms with E-state index in [4.69, 9.17) is 9.47 Å². The van der Waals surface area contributed by atoms with Gasteiger partial charge >= 0.3 is 0 Å². The van der Waals surface area contributed by atoms with Gasteiger partial charge < -0.3 is 20.1 Å². The number of carbonyl (C=O) groups is 2. The third kappa shape index (κ3) is 4.20. The first-order valence-electron chi connectivity index (χ1n) is 7.30. The predicted octanol–water partition coefficient (Wildman–Crippen LogP) is 3.10. The summed E-state index contributed by atoms with van der Waals surface area (Å²) in [6.45, 7) is 1.66. The highest BCUT2D eigenvalue weighted by molar-refractivity contribution is 8.00. The Morgan fingerprint density at radius 2 is 1.83 bits per heavy atom. The van der Waals surface area contributed by atoms with Crippen LogP contribution in [0.15, 0.2) is 47.4 Å². The van der Waals surface area contributed by atoms with Crippen molar-refractivity contribution in [3.8, 4) is 11.5 Å². The summed E-state index contributed by atoms with van der Waals surface area (Å²) in [5.41, 5.74) is 1.38. The fraction of sp³-hybridized carbons (Fsp3) is 0.176. The monoisotopic (exact) mass is 344 g/mol. The van der Waals surface area contributed by atoms with Crippen LogP contribution in [-0.2, 0) is 9.59 Å². The molecule has 24 heavy (non-hydrogen) atoms. The molecule has 2 aromatic carbocycles. The Morgan fingerprint density at radius 1 is 1.04 bits per heavy atom. The molecule has 7 heteroatoms. The van der Waals surface area contributed by atoms with Gasteiger partial charge in [0.05, 0.1) is 5.75 Å². The fourth-order valence-electron chi connectivity index (χ4n) is 2.19. The summed E-state index contributed by atoms with van der Waals surface area (Å²) in [5.74, 6) is 1.32. The SMILES string of the molecule is CC(=O)Nc1cccc(SCC(=O)Nc2ccc3c(c2)OCO3)c1. The predicted molar refractivity (Wildman–Crippen MR) is 92.7 cm³/mol. The number of carbonyl (C=O) groups excluding carboxylic acids is 2. The number of fused-ring (bicyclic) bond motifs is 1. The Morgan fingerprint density at radius 3 is 2.67 bits per heavy atom. The Kier molecular flexibility index (Phi) is 4.90. The van der Waals surface area contributed by atoms with Gasteiger partial charge in [-0.1, -0.05) is 6.07 Å². The number of hydrogen-bond donors (Lipinski definition) is 2. The molecular weight excluding hydrogens is 328 g/mol. The molecule has 1 aliphatic rings. The maximum absolute atomic E-state index is 12.1. The molecule has 0 fully saturated rings. The second-order valence-electron chi connectivity index (χ2n) is 5.11. The quantitative estimate of drug-likeness (QED) is 0.815. The summed E-state index contributed by atoms with van der Waals surface area (Å²) in [6, 6.07) is 12.6. The molecule has 0 atom stereocenters. The van der Waals surface area contributed by atoms with Gasteiger partial charge in [-0.15, -0.1) is 11.8 Å². The molecular formula is C17H16N2O4S. The van der Waals surface area contributed by atoms with Crippen LogP contribution >= 0.6 is 11.8 Å². The van der Waals surface area contributed by atoms with Crippen molar-refractivity contribution in [2.24, 2.45) is 0 Å². The average Bonchev–Trinajstić information content (AvgIpc) is 3.00. The maximum atomic E-state index is 12.1. The minimum atomic E-state index is -0.127. The number of anilines is 2. The highest BCUT2D eigenvalue weighted by Gasteiger charge is 2.14. The van der Waals surface area contributed by atoms with E-state index in [-0.39, 0.29) is 24.4 Å². The van der Waals surface area contributed by atoms with Gasteiger partial charge in [0, 0.05) is 29.3 Å². The van der Waals surface area contributed by atoms with Crippen molar-refractivity contribution in [2.75, 3.05) is 23.2 Å². The van der Waals surface area contributed by atoms with Crippen LogP contribution in [0.25, 0.3) is 0 Å². The normalized spacial score (nSPS) is 11.9. The summed E-state index contributed by atoms with van der Waals surface area (Å²) in [7, 11) is 0. The lowest BCUT2D eigenvalue weighted by Gasteiger charge is -2.07. The molecule has 3 rings (SSSR count).